The van der Waals surface area contributed by atoms with Gasteiger partial charge in [-0.2, -0.15) is 0 Å². The molecular formula is C17H20N2O4. The van der Waals surface area contributed by atoms with E-state index in [9.17, 15) is 14.9 Å². The number of non-ortho nitro benzene ring substituents is 1. The van der Waals surface area contributed by atoms with Gasteiger partial charge < -0.3 is 4.84 Å². The van der Waals surface area contributed by atoms with Crippen LogP contribution in [0.4, 0.5) is 5.69 Å². The van der Waals surface area contributed by atoms with E-state index in [-0.39, 0.29) is 22.1 Å². The van der Waals surface area contributed by atoms with Gasteiger partial charge in [0.25, 0.3) is 5.69 Å². The SMILES string of the molecule is CC1(C)[C@H]2CC[C@]1(C)/C(=N\OC(=O)c1ccc([N+](=O)[O-])cc1)C2. The third-order valence-electron chi connectivity index (χ3n) is 6.06. The first-order chi connectivity index (χ1) is 10.8. The first-order valence-corrected chi connectivity index (χ1v) is 7.79. The highest BCUT2D eigenvalue weighted by atomic mass is 16.7. The van der Waals surface area contributed by atoms with Crippen molar-refractivity contribution < 1.29 is 14.6 Å². The molecule has 6 heteroatoms. The lowest BCUT2D eigenvalue weighted by Gasteiger charge is -2.34. The molecule has 2 fully saturated rings. The summed E-state index contributed by atoms with van der Waals surface area (Å²) in [6.07, 6.45) is 3.13. The van der Waals surface area contributed by atoms with Crippen molar-refractivity contribution in [1.29, 1.82) is 0 Å². The molecule has 0 aliphatic heterocycles. The molecule has 2 saturated carbocycles. The van der Waals surface area contributed by atoms with Crippen molar-refractivity contribution in [1.82, 2.24) is 0 Å². The zero-order chi connectivity index (χ0) is 16.8. The molecular weight excluding hydrogens is 296 g/mol. The van der Waals surface area contributed by atoms with Crippen LogP contribution in [-0.4, -0.2) is 16.6 Å². The molecule has 0 heterocycles. The summed E-state index contributed by atoms with van der Waals surface area (Å²) in [7, 11) is 0. The van der Waals surface area contributed by atoms with Crippen molar-refractivity contribution in [3.8, 4) is 0 Å². The number of fused-ring (bicyclic) bond motifs is 2. The molecule has 2 atom stereocenters. The number of hydrogen-bond acceptors (Lipinski definition) is 5. The molecule has 0 aromatic heterocycles. The molecule has 0 saturated heterocycles. The lowest BCUT2D eigenvalue weighted by Crippen LogP contribution is -2.32. The minimum Gasteiger partial charge on any atom is -0.313 e. The number of nitro benzene ring substituents is 1. The summed E-state index contributed by atoms with van der Waals surface area (Å²) in [4.78, 5) is 27.3. The van der Waals surface area contributed by atoms with Crippen molar-refractivity contribution in [3.63, 3.8) is 0 Å². The maximum absolute atomic E-state index is 12.1. The van der Waals surface area contributed by atoms with Crippen LogP contribution in [0.15, 0.2) is 29.4 Å². The van der Waals surface area contributed by atoms with E-state index in [1.807, 2.05) is 0 Å². The molecule has 0 N–H and O–H groups in total. The van der Waals surface area contributed by atoms with Gasteiger partial charge >= 0.3 is 5.97 Å². The minimum atomic E-state index is -0.587. The number of nitrogens with zero attached hydrogens (tertiary/aromatic N) is 2. The maximum Gasteiger partial charge on any atom is 0.365 e. The molecule has 122 valence electrons. The fourth-order valence-electron chi connectivity index (χ4n) is 3.93. The summed E-state index contributed by atoms with van der Waals surface area (Å²) in [6, 6.07) is 5.33. The van der Waals surface area contributed by atoms with Crippen LogP contribution in [-0.2, 0) is 4.84 Å². The Morgan fingerprint density at radius 3 is 2.43 bits per heavy atom. The van der Waals surface area contributed by atoms with Gasteiger partial charge in [0, 0.05) is 17.5 Å². The largest absolute Gasteiger partial charge is 0.365 e. The Bertz CT molecular complexity index is 693. The second-order valence-corrected chi connectivity index (χ2v) is 7.21. The third kappa shape index (κ3) is 2.33. The van der Waals surface area contributed by atoms with Gasteiger partial charge in [-0.1, -0.05) is 25.9 Å². The predicted molar refractivity (Wildman–Crippen MR) is 85.2 cm³/mol. The first kappa shape index (κ1) is 15.6. The van der Waals surface area contributed by atoms with E-state index in [1.165, 1.54) is 30.7 Å². The minimum absolute atomic E-state index is 0.0204. The van der Waals surface area contributed by atoms with Gasteiger partial charge in [0.2, 0.25) is 0 Å². The van der Waals surface area contributed by atoms with Crippen LogP contribution in [0.2, 0.25) is 0 Å². The van der Waals surface area contributed by atoms with Gasteiger partial charge in [-0.15, -0.1) is 0 Å². The zero-order valence-electron chi connectivity index (χ0n) is 13.5. The van der Waals surface area contributed by atoms with Crippen molar-refractivity contribution in [2.75, 3.05) is 0 Å². The molecule has 23 heavy (non-hydrogen) atoms. The van der Waals surface area contributed by atoms with Gasteiger partial charge in [-0.05, 0) is 42.7 Å². The Morgan fingerprint density at radius 2 is 1.96 bits per heavy atom. The quantitative estimate of drug-likeness (QED) is 0.480. The number of carbonyl (C=O) groups is 1. The van der Waals surface area contributed by atoms with Crippen molar-refractivity contribution in [2.24, 2.45) is 21.9 Å². The van der Waals surface area contributed by atoms with Crippen LogP contribution in [0.25, 0.3) is 0 Å². The highest BCUT2D eigenvalue weighted by molar-refractivity contribution is 5.95. The predicted octanol–water partition coefficient (Wildman–Crippen LogP) is 3.95. The Hall–Kier alpha value is -2.24. The number of hydrogen-bond donors (Lipinski definition) is 0. The summed E-state index contributed by atoms with van der Waals surface area (Å²) >= 11 is 0. The highest BCUT2D eigenvalue weighted by Gasteiger charge is 2.60. The van der Waals surface area contributed by atoms with E-state index in [4.69, 9.17) is 4.84 Å². The summed E-state index contributed by atoms with van der Waals surface area (Å²) < 4.78 is 0. The summed E-state index contributed by atoms with van der Waals surface area (Å²) in [5.74, 6) is 0.000837. The van der Waals surface area contributed by atoms with E-state index in [2.05, 4.69) is 25.9 Å². The molecule has 6 nitrogen and oxygen atoms in total. The van der Waals surface area contributed by atoms with Crippen LogP contribution in [0, 0.1) is 26.9 Å². The molecule has 0 radical (unpaired) electrons. The Kier molecular flexibility index (Phi) is 3.50. The fourth-order valence-corrected chi connectivity index (χ4v) is 3.93. The van der Waals surface area contributed by atoms with Crippen molar-refractivity contribution in [2.45, 2.75) is 40.0 Å². The average molecular weight is 316 g/mol. The van der Waals surface area contributed by atoms with E-state index >= 15 is 0 Å². The molecule has 3 rings (SSSR count). The van der Waals surface area contributed by atoms with Crippen LogP contribution >= 0.6 is 0 Å². The summed E-state index contributed by atoms with van der Waals surface area (Å²) in [5, 5.41) is 14.8. The molecule has 1 aromatic carbocycles. The van der Waals surface area contributed by atoms with Crippen LogP contribution in [0.3, 0.4) is 0 Å². The molecule has 1 aromatic rings. The Labute approximate surface area is 134 Å². The van der Waals surface area contributed by atoms with Gasteiger partial charge in [-0.3, -0.25) is 10.1 Å². The lowest BCUT2D eigenvalue weighted by atomic mass is 9.70. The van der Waals surface area contributed by atoms with Crippen molar-refractivity contribution in [3.05, 3.63) is 39.9 Å². The smallest absolute Gasteiger partial charge is 0.313 e. The van der Waals surface area contributed by atoms with Crippen LogP contribution in [0.1, 0.15) is 50.4 Å². The van der Waals surface area contributed by atoms with Gasteiger partial charge in [0.1, 0.15) is 0 Å². The number of carbonyl (C=O) groups excluding carboxylic acids is 1. The van der Waals surface area contributed by atoms with Gasteiger partial charge in [-0.25, -0.2) is 4.79 Å². The second-order valence-electron chi connectivity index (χ2n) is 7.21. The summed E-state index contributed by atoms with van der Waals surface area (Å²) in [5.41, 5.74) is 1.30. The maximum atomic E-state index is 12.1. The summed E-state index contributed by atoms with van der Waals surface area (Å²) in [6.45, 7) is 6.70. The fraction of sp³-hybridized carbons (Fsp3) is 0.529. The third-order valence-corrected chi connectivity index (χ3v) is 6.06. The molecule has 0 amide bonds. The van der Waals surface area contributed by atoms with Crippen LogP contribution < -0.4 is 0 Å². The van der Waals surface area contributed by atoms with Crippen molar-refractivity contribution >= 4 is 17.4 Å². The molecule has 2 bridgehead atoms. The monoisotopic (exact) mass is 316 g/mol. The van der Waals surface area contributed by atoms with E-state index < -0.39 is 10.9 Å². The number of nitro groups is 1. The van der Waals surface area contributed by atoms with Gasteiger partial charge in [0.05, 0.1) is 16.2 Å². The number of benzene rings is 1. The standard InChI is InChI=1S/C17H20N2O4/c1-16(2)12-8-9-17(16,3)14(10-12)18-23-15(20)11-4-6-13(7-5-11)19(21)22/h4-7,12H,8-10H2,1-3H3/b18-14-/t12-,17+/m0/s1. The van der Waals surface area contributed by atoms with E-state index in [0.29, 0.717) is 5.92 Å². The van der Waals surface area contributed by atoms with Crippen LogP contribution in [0.5, 0.6) is 0 Å². The second kappa shape index (κ2) is 5.15. The lowest BCUT2D eigenvalue weighted by molar-refractivity contribution is -0.384. The molecule has 0 unspecified atom stereocenters. The highest BCUT2D eigenvalue weighted by Crippen LogP contribution is 2.63. The first-order valence-electron chi connectivity index (χ1n) is 7.79. The van der Waals surface area contributed by atoms with E-state index in [1.54, 1.807) is 0 Å². The Balaban J connectivity index is 1.73. The molecule has 0 spiro atoms. The average Bonchev–Trinajstić information content (AvgIpc) is 2.85. The van der Waals surface area contributed by atoms with Gasteiger partial charge in [0.15, 0.2) is 0 Å². The topological polar surface area (TPSA) is 81.8 Å². The normalized spacial score (nSPS) is 29.7. The number of oxime groups is 1. The molecule has 2 aliphatic carbocycles. The zero-order valence-corrected chi connectivity index (χ0v) is 13.5. The van der Waals surface area contributed by atoms with E-state index in [0.717, 1.165) is 18.6 Å². The number of rotatable bonds is 3. The Morgan fingerprint density at radius 1 is 1.30 bits per heavy atom. The molecule has 2 aliphatic rings.